The maximum absolute atomic E-state index is 13.5. The molecular formula is C16H15F2NO2. The van der Waals surface area contributed by atoms with E-state index in [-0.39, 0.29) is 18.6 Å². The number of aliphatic hydroxyl groups excluding tert-OH is 1. The van der Waals surface area contributed by atoms with Gasteiger partial charge in [-0.1, -0.05) is 36.4 Å². The number of hydrogen-bond acceptors (Lipinski definition) is 2. The third-order valence-electron chi connectivity index (χ3n) is 3.09. The highest BCUT2D eigenvalue weighted by molar-refractivity contribution is 5.79. The van der Waals surface area contributed by atoms with Crippen LogP contribution in [0, 0.1) is 11.6 Å². The molecule has 110 valence electrons. The van der Waals surface area contributed by atoms with Crippen molar-refractivity contribution >= 4 is 5.91 Å². The lowest BCUT2D eigenvalue weighted by atomic mass is 10.1. The van der Waals surface area contributed by atoms with Crippen LogP contribution >= 0.6 is 0 Å². The smallest absolute Gasteiger partial charge is 0.225 e. The highest BCUT2D eigenvalue weighted by Gasteiger charge is 2.15. The summed E-state index contributed by atoms with van der Waals surface area (Å²) in [5.74, 6) is -1.89. The summed E-state index contributed by atoms with van der Waals surface area (Å²) >= 11 is 0. The van der Waals surface area contributed by atoms with Gasteiger partial charge >= 0.3 is 0 Å². The first-order valence-electron chi connectivity index (χ1n) is 6.49. The number of aliphatic hydroxyl groups is 1. The van der Waals surface area contributed by atoms with E-state index in [9.17, 15) is 18.7 Å². The van der Waals surface area contributed by atoms with Crippen molar-refractivity contribution in [2.45, 2.75) is 12.5 Å². The topological polar surface area (TPSA) is 49.3 Å². The van der Waals surface area contributed by atoms with Gasteiger partial charge in [0, 0.05) is 6.07 Å². The molecule has 2 N–H and O–H groups in total. The number of amides is 1. The van der Waals surface area contributed by atoms with Crippen LogP contribution in [0.15, 0.2) is 48.5 Å². The van der Waals surface area contributed by atoms with Crippen LogP contribution in [0.1, 0.15) is 17.2 Å². The summed E-state index contributed by atoms with van der Waals surface area (Å²) in [6.07, 6.45) is -0.213. The molecule has 1 unspecified atom stereocenters. The molecule has 0 aliphatic heterocycles. The second-order valence-corrected chi connectivity index (χ2v) is 4.63. The van der Waals surface area contributed by atoms with Crippen LogP contribution in [0.4, 0.5) is 8.78 Å². The van der Waals surface area contributed by atoms with Crippen molar-refractivity contribution in [1.82, 2.24) is 5.32 Å². The Morgan fingerprint density at radius 1 is 1.14 bits per heavy atom. The highest BCUT2D eigenvalue weighted by atomic mass is 19.1. The van der Waals surface area contributed by atoms with E-state index in [1.165, 1.54) is 6.07 Å². The van der Waals surface area contributed by atoms with Gasteiger partial charge in [0.15, 0.2) is 0 Å². The number of rotatable bonds is 5. The van der Waals surface area contributed by atoms with Crippen LogP contribution < -0.4 is 5.32 Å². The van der Waals surface area contributed by atoms with Crippen molar-refractivity contribution in [2.75, 3.05) is 6.61 Å². The van der Waals surface area contributed by atoms with Crippen LogP contribution in [0.5, 0.6) is 0 Å². The van der Waals surface area contributed by atoms with Crippen LogP contribution in [0.3, 0.4) is 0 Å². The van der Waals surface area contributed by atoms with Crippen LogP contribution in [-0.4, -0.2) is 17.6 Å². The van der Waals surface area contributed by atoms with Gasteiger partial charge in [-0.25, -0.2) is 8.78 Å². The molecule has 0 radical (unpaired) electrons. The quantitative estimate of drug-likeness (QED) is 0.888. The van der Waals surface area contributed by atoms with Crippen molar-refractivity contribution < 1.29 is 18.7 Å². The third kappa shape index (κ3) is 4.10. The molecule has 0 saturated carbocycles. The van der Waals surface area contributed by atoms with Crippen molar-refractivity contribution in [1.29, 1.82) is 0 Å². The summed E-state index contributed by atoms with van der Waals surface area (Å²) in [4.78, 5) is 11.9. The van der Waals surface area contributed by atoms with Gasteiger partial charge in [0.25, 0.3) is 0 Å². The van der Waals surface area contributed by atoms with Crippen molar-refractivity contribution in [3.63, 3.8) is 0 Å². The molecule has 0 spiro atoms. The molecule has 0 heterocycles. The molecule has 0 aliphatic rings. The van der Waals surface area contributed by atoms with Crippen LogP contribution in [-0.2, 0) is 11.2 Å². The maximum Gasteiger partial charge on any atom is 0.225 e. The Bertz CT molecular complexity index is 617. The predicted octanol–water partition coefficient (Wildman–Crippen LogP) is 2.36. The fourth-order valence-corrected chi connectivity index (χ4v) is 2.00. The lowest BCUT2D eigenvalue weighted by Crippen LogP contribution is -2.32. The third-order valence-corrected chi connectivity index (χ3v) is 3.09. The minimum atomic E-state index is -0.759. The molecule has 0 aliphatic carbocycles. The zero-order valence-electron chi connectivity index (χ0n) is 11.2. The van der Waals surface area contributed by atoms with Crippen LogP contribution in [0.2, 0.25) is 0 Å². The zero-order valence-corrected chi connectivity index (χ0v) is 11.2. The number of halogens is 2. The first kappa shape index (κ1) is 15.1. The standard InChI is InChI=1S/C16H15F2NO2/c17-13-7-6-12(14(18)9-13)8-16(21)19-15(10-20)11-4-2-1-3-5-11/h1-7,9,15,20H,8,10H2,(H,19,21). The van der Waals surface area contributed by atoms with Gasteiger partial charge in [-0.05, 0) is 17.2 Å². The zero-order chi connectivity index (χ0) is 15.2. The van der Waals surface area contributed by atoms with E-state index >= 15 is 0 Å². The molecule has 2 aromatic rings. The molecular weight excluding hydrogens is 276 g/mol. The number of carbonyl (C=O) groups excluding carboxylic acids is 1. The summed E-state index contributed by atoms with van der Waals surface area (Å²) < 4.78 is 26.3. The van der Waals surface area contributed by atoms with Gasteiger partial charge in [0.2, 0.25) is 5.91 Å². The Hall–Kier alpha value is -2.27. The number of carbonyl (C=O) groups is 1. The maximum atomic E-state index is 13.5. The number of benzene rings is 2. The van der Waals surface area contributed by atoms with Crippen molar-refractivity contribution in [3.8, 4) is 0 Å². The second kappa shape index (κ2) is 6.95. The molecule has 0 fully saturated rings. The highest BCUT2D eigenvalue weighted by Crippen LogP contribution is 2.13. The second-order valence-electron chi connectivity index (χ2n) is 4.63. The van der Waals surface area contributed by atoms with E-state index in [0.717, 1.165) is 17.7 Å². The largest absolute Gasteiger partial charge is 0.394 e. The lowest BCUT2D eigenvalue weighted by molar-refractivity contribution is -0.121. The van der Waals surface area contributed by atoms with Gasteiger partial charge in [0.05, 0.1) is 19.1 Å². The molecule has 2 rings (SSSR count). The predicted molar refractivity (Wildman–Crippen MR) is 74.5 cm³/mol. The number of hydrogen-bond donors (Lipinski definition) is 2. The summed E-state index contributed by atoms with van der Waals surface area (Å²) in [5.41, 5.74) is 0.867. The first-order valence-corrected chi connectivity index (χ1v) is 6.49. The number of nitrogens with one attached hydrogen (secondary N) is 1. The van der Waals surface area contributed by atoms with Gasteiger partial charge in [0.1, 0.15) is 11.6 Å². The van der Waals surface area contributed by atoms with E-state index < -0.39 is 23.6 Å². The minimum Gasteiger partial charge on any atom is -0.394 e. The van der Waals surface area contributed by atoms with E-state index in [1.54, 1.807) is 24.3 Å². The molecule has 1 amide bonds. The molecule has 21 heavy (non-hydrogen) atoms. The van der Waals surface area contributed by atoms with Crippen molar-refractivity contribution in [3.05, 3.63) is 71.3 Å². The van der Waals surface area contributed by atoms with Crippen LogP contribution in [0.25, 0.3) is 0 Å². The Kier molecular flexibility index (Phi) is 5.00. The SMILES string of the molecule is O=C(Cc1ccc(F)cc1F)NC(CO)c1ccccc1. The van der Waals surface area contributed by atoms with E-state index in [0.29, 0.717) is 0 Å². The van der Waals surface area contributed by atoms with Gasteiger partial charge in [-0.15, -0.1) is 0 Å². The Labute approximate surface area is 121 Å². The van der Waals surface area contributed by atoms with E-state index in [4.69, 9.17) is 0 Å². The van der Waals surface area contributed by atoms with Gasteiger partial charge < -0.3 is 10.4 Å². The fourth-order valence-electron chi connectivity index (χ4n) is 2.00. The van der Waals surface area contributed by atoms with Crippen molar-refractivity contribution in [2.24, 2.45) is 0 Å². The fraction of sp³-hybridized carbons (Fsp3) is 0.188. The average molecular weight is 291 g/mol. The first-order chi connectivity index (χ1) is 10.1. The van der Waals surface area contributed by atoms with E-state index in [1.807, 2.05) is 6.07 Å². The summed E-state index contributed by atoms with van der Waals surface area (Å²) in [6.45, 7) is -0.262. The molecule has 2 aromatic carbocycles. The summed E-state index contributed by atoms with van der Waals surface area (Å²) in [7, 11) is 0. The Morgan fingerprint density at radius 2 is 1.86 bits per heavy atom. The molecule has 1 atom stereocenters. The lowest BCUT2D eigenvalue weighted by Gasteiger charge is -2.16. The van der Waals surface area contributed by atoms with E-state index in [2.05, 4.69) is 5.32 Å². The summed E-state index contributed by atoms with van der Waals surface area (Å²) in [6, 6.07) is 11.5. The minimum absolute atomic E-state index is 0.110. The molecule has 0 aromatic heterocycles. The Morgan fingerprint density at radius 3 is 2.48 bits per heavy atom. The van der Waals surface area contributed by atoms with Gasteiger partial charge in [-0.2, -0.15) is 0 Å². The normalized spacial score (nSPS) is 12.0. The molecule has 3 nitrogen and oxygen atoms in total. The summed E-state index contributed by atoms with van der Waals surface area (Å²) in [5, 5.41) is 12.0. The average Bonchev–Trinajstić information content (AvgIpc) is 2.48. The molecule has 0 bridgehead atoms. The molecule has 0 saturated heterocycles. The Balaban J connectivity index is 2.03. The van der Waals surface area contributed by atoms with Gasteiger partial charge in [-0.3, -0.25) is 4.79 Å². The molecule has 5 heteroatoms. The monoisotopic (exact) mass is 291 g/mol.